The smallest absolute Gasteiger partial charge is 0.254 e. The molecule has 0 bridgehead atoms. The molecule has 4 aromatic rings. The van der Waals surface area contributed by atoms with Crippen molar-refractivity contribution in [1.82, 2.24) is 15.0 Å². The first-order valence-corrected chi connectivity index (χ1v) is 10.4. The third-order valence-corrected chi connectivity index (χ3v) is 5.80. The molecule has 30 heavy (non-hydrogen) atoms. The van der Waals surface area contributed by atoms with Crippen LogP contribution in [0.1, 0.15) is 47.1 Å². The van der Waals surface area contributed by atoms with E-state index in [0.717, 1.165) is 35.6 Å². The Balaban J connectivity index is 1.44. The van der Waals surface area contributed by atoms with E-state index in [0.29, 0.717) is 23.8 Å². The van der Waals surface area contributed by atoms with E-state index in [2.05, 4.69) is 16.2 Å². The van der Waals surface area contributed by atoms with Gasteiger partial charge in [-0.2, -0.15) is 4.98 Å². The van der Waals surface area contributed by atoms with E-state index in [1.807, 2.05) is 72.5 Å². The normalized spacial score (nSPS) is 16.7. The summed E-state index contributed by atoms with van der Waals surface area (Å²) in [6.07, 6.45) is 2.85. The molecule has 0 saturated carbocycles. The van der Waals surface area contributed by atoms with Gasteiger partial charge in [0.2, 0.25) is 11.7 Å². The number of carbonyl (C=O) groups excluding carboxylic acids is 1. The van der Waals surface area contributed by atoms with Crippen molar-refractivity contribution in [3.63, 3.8) is 0 Å². The third-order valence-electron chi connectivity index (χ3n) is 5.80. The zero-order chi connectivity index (χ0) is 20.5. The van der Waals surface area contributed by atoms with Crippen LogP contribution in [0.5, 0.6) is 0 Å². The molecule has 1 aliphatic rings. The Hall–Kier alpha value is -3.47. The highest BCUT2D eigenvalue weighted by Gasteiger charge is 2.32. The lowest BCUT2D eigenvalue weighted by molar-refractivity contribution is 0.0561. The lowest BCUT2D eigenvalue weighted by atomic mass is 9.99. The van der Waals surface area contributed by atoms with Crippen molar-refractivity contribution in [3.8, 4) is 11.4 Å². The Morgan fingerprint density at radius 3 is 2.63 bits per heavy atom. The Bertz CT molecular complexity index is 1200. The van der Waals surface area contributed by atoms with Gasteiger partial charge in [0, 0.05) is 17.7 Å². The van der Waals surface area contributed by atoms with Gasteiger partial charge in [-0.25, -0.2) is 0 Å². The number of carbonyl (C=O) groups is 1. The molecule has 5 rings (SSSR count). The first-order chi connectivity index (χ1) is 14.7. The Morgan fingerprint density at radius 1 is 1.00 bits per heavy atom. The molecule has 1 atom stereocenters. The van der Waals surface area contributed by atoms with Crippen molar-refractivity contribution >= 4 is 16.7 Å². The fourth-order valence-corrected chi connectivity index (χ4v) is 4.11. The Kier molecular flexibility index (Phi) is 4.79. The Labute approximate surface area is 175 Å². The number of aryl methyl sites for hydroxylation is 1. The van der Waals surface area contributed by atoms with Crippen molar-refractivity contribution in [3.05, 3.63) is 83.7 Å². The van der Waals surface area contributed by atoms with Crippen molar-refractivity contribution < 1.29 is 9.32 Å². The van der Waals surface area contributed by atoms with E-state index in [1.54, 1.807) is 0 Å². The largest absolute Gasteiger partial charge is 0.337 e. The molecule has 0 N–H and O–H groups in total. The van der Waals surface area contributed by atoms with Crippen LogP contribution in [0.2, 0.25) is 0 Å². The molecule has 1 unspecified atom stereocenters. The van der Waals surface area contributed by atoms with Crippen LogP contribution in [0.3, 0.4) is 0 Å². The minimum Gasteiger partial charge on any atom is -0.337 e. The number of rotatable bonds is 3. The lowest BCUT2D eigenvalue weighted by Gasteiger charge is -2.33. The molecule has 5 heteroatoms. The van der Waals surface area contributed by atoms with Crippen molar-refractivity contribution in [2.75, 3.05) is 6.54 Å². The monoisotopic (exact) mass is 397 g/mol. The number of nitrogens with zero attached hydrogens (tertiary/aromatic N) is 3. The molecule has 150 valence electrons. The second-order valence-corrected chi connectivity index (χ2v) is 7.89. The molecule has 0 aliphatic carbocycles. The maximum atomic E-state index is 13.4. The zero-order valence-corrected chi connectivity index (χ0v) is 16.9. The summed E-state index contributed by atoms with van der Waals surface area (Å²) in [6, 6.07) is 21.8. The van der Waals surface area contributed by atoms with E-state index < -0.39 is 0 Å². The molecule has 5 nitrogen and oxygen atoms in total. The number of amides is 1. The van der Waals surface area contributed by atoms with Crippen LogP contribution in [-0.4, -0.2) is 27.5 Å². The predicted octanol–water partition coefficient (Wildman–Crippen LogP) is 5.57. The first-order valence-electron chi connectivity index (χ1n) is 10.4. The van der Waals surface area contributed by atoms with Gasteiger partial charge < -0.3 is 9.42 Å². The van der Waals surface area contributed by atoms with E-state index in [1.165, 1.54) is 5.56 Å². The minimum absolute atomic E-state index is 0.0144. The maximum absolute atomic E-state index is 13.4. The maximum Gasteiger partial charge on any atom is 0.254 e. The first kappa shape index (κ1) is 18.6. The average Bonchev–Trinajstić information content (AvgIpc) is 3.29. The molecular formula is C25H23N3O2. The van der Waals surface area contributed by atoms with Crippen LogP contribution in [0.4, 0.5) is 0 Å². The second-order valence-electron chi connectivity index (χ2n) is 7.89. The average molecular weight is 397 g/mol. The van der Waals surface area contributed by atoms with Gasteiger partial charge >= 0.3 is 0 Å². The molecule has 3 aromatic carbocycles. The molecule has 1 aliphatic heterocycles. The number of benzene rings is 3. The van der Waals surface area contributed by atoms with Gasteiger partial charge in [-0.05, 0) is 49.1 Å². The molecule has 1 aromatic heterocycles. The van der Waals surface area contributed by atoms with Crippen LogP contribution < -0.4 is 0 Å². The van der Waals surface area contributed by atoms with Crippen molar-refractivity contribution in [1.29, 1.82) is 0 Å². The molecule has 1 amide bonds. The number of hydrogen-bond acceptors (Lipinski definition) is 4. The summed E-state index contributed by atoms with van der Waals surface area (Å²) in [5.74, 6) is 1.09. The molecule has 0 spiro atoms. The quantitative estimate of drug-likeness (QED) is 0.454. The number of fused-ring (bicyclic) bond motifs is 1. The molecule has 1 saturated heterocycles. The van der Waals surface area contributed by atoms with Gasteiger partial charge in [-0.3, -0.25) is 4.79 Å². The highest BCUT2D eigenvalue weighted by Crippen LogP contribution is 2.32. The van der Waals surface area contributed by atoms with Gasteiger partial charge in [0.1, 0.15) is 6.04 Å². The predicted molar refractivity (Wildman–Crippen MR) is 116 cm³/mol. The zero-order valence-electron chi connectivity index (χ0n) is 16.9. The minimum atomic E-state index is -0.190. The summed E-state index contributed by atoms with van der Waals surface area (Å²) in [5, 5.41) is 6.37. The topological polar surface area (TPSA) is 59.2 Å². The SMILES string of the molecule is Cc1ccc(-c2noc(C3CCCCN3C(=O)c3ccc4ccccc4c3)n2)cc1. The summed E-state index contributed by atoms with van der Waals surface area (Å²) in [5.41, 5.74) is 2.79. The van der Waals surface area contributed by atoms with Crippen LogP contribution in [0.25, 0.3) is 22.2 Å². The van der Waals surface area contributed by atoms with Gasteiger partial charge in [0.05, 0.1) is 0 Å². The highest BCUT2D eigenvalue weighted by molar-refractivity contribution is 5.98. The summed E-state index contributed by atoms with van der Waals surface area (Å²) in [4.78, 5) is 19.9. The standard InChI is InChI=1S/C25H23N3O2/c1-17-9-11-19(12-10-17)23-26-24(30-27-23)22-8-4-5-15-28(22)25(29)21-14-13-18-6-2-3-7-20(18)16-21/h2-3,6-7,9-14,16,22H,4-5,8,15H2,1H3. The number of likely N-dealkylation sites (tertiary alicyclic amines) is 1. The fraction of sp³-hybridized carbons (Fsp3) is 0.240. The van der Waals surface area contributed by atoms with Crippen molar-refractivity contribution in [2.45, 2.75) is 32.2 Å². The van der Waals surface area contributed by atoms with Gasteiger partial charge in [0.15, 0.2) is 0 Å². The lowest BCUT2D eigenvalue weighted by Crippen LogP contribution is -2.38. The van der Waals surface area contributed by atoms with Crippen LogP contribution in [0.15, 0.2) is 71.3 Å². The van der Waals surface area contributed by atoms with Crippen LogP contribution in [0, 0.1) is 6.92 Å². The van der Waals surface area contributed by atoms with Gasteiger partial charge in [-0.15, -0.1) is 0 Å². The second kappa shape index (κ2) is 7.75. The highest BCUT2D eigenvalue weighted by atomic mass is 16.5. The van der Waals surface area contributed by atoms with E-state index in [4.69, 9.17) is 4.52 Å². The van der Waals surface area contributed by atoms with E-state index in [-0.39, 0.29) is 11.9 Å². The van der Waals surface area contributed by atoms with Crippen molar-refractivity contribution in [2.24, 2.45) is 0 Å². The number of piperidine rings is 1. The number of aromatic nitrogens is 2. The summed E-state index contributed by atoms with van der Waals surface area (Å²) in [6.45, 7) is 2.74. The Morgan fingerprint density at radius 2 is 1.80 bits per heavy atom. The van der Waals surface area contributed by atoms with Crippen LogP contribution in [-0.2, 0) is 0 Å². The van der Waals surface area contributed by atoms with Gasteiger partial charge in [0.25, 0.3) is 5.91 Å². The van der Waals surface area contributed by atoms with Gasteiger partial charge in [-0.1, -0.05) is 65.3 Å². The van der Waals surface area contributed by atoms with E-state index >= 15 is 0 Å². The molecule has 0 radical (unpaired) electrons. The van der Waals surface area contributed by atoms with E-state index in [9.17, 15) is 4.79 Å². The summed E-state index contributed by atoms with van der Waals surface area (Å²) in [7, 11) is 0. The summed E-state index contributed by atoms with van der Waals surface area (Å²) < 4.78 is 5.62. The van der Waals surface area contributed by atoms with Crippen LogP contribution >= 0.6 is 0 Å². The summed E-state index contributed by atoms with van der Waals surface area (Å²) >= 11 is 0. The molecular weight excluding hydrogens is 374 g/mol. The fourth-order valence-electron chi connectivity index (χ4n) is 4.11. The molecule has 2 heterocycles. The molecule has 1 fully saturated rings. The number of hydrogen-bond donors (Lipinski definition) is 0. The third kappa shape index (κ3) is 3.47.